The number of anilines is 1. The van der Waals surface area contributed by atoms with Gasteiger partial charge in [-0.25, -0.2) is 4.79 Å². The number of fused-ring (bicyclic) bond motifs is 3. The lowest BCUT2D eigenvalue weighted by atomic mass is 10.0. The van der Waals surface area contributed by atoms with Crippen LogP contribution in [0.3, 0.4) is 0 Å². The third-order valence-corrected chi connectivity index (χ3v) is 5.78. The van der Waals surface area contributed by atoms with Gasteiger partial charge in [0.05, 0.1) is 45.5 Å². The van der Waals surface area contributed by atoms with E-state index in [4.69, 9.17) is 5.73 Å². The van der Waals surface area contributed by atoms with Gasteiger partial charge in [-0.2, -0.15) is 5.10 Å². The Labute approximate surface area is 178 Å². The molecule has 0 unspecified atom stereocenters. The molecule has 1 aromatic carbocycles. The van der Waals surface area contributed by atoms with Crippen molar-refractivity contribution < 1.29 is 0 Å². The van der Waals surface area contributed by atoms with E-state index in [9.17, 15) is 4.79 Å². The second-order valence-electron chi connectivity index (χ2n) is 7.79. The van der Waals surface area contributed by atoms with E-state index >= 15 is 0 Å². The number of imidazole rings is 1. The zero-order valence-corrected chi connectivity index (χ0v) is 17.9. The van der Waals surface area contributed by atoms with Crippen LogP contribution in [0.25, 0.3) is 38.8 Å². The van der Waals surface area contributed by atoms with Crippen molar-refractivity contribution >= 4 is 27.6 Å². The first-order chi connectivity index (χ1) is 14.9. The van der Waals surface area contributed by atoms with Gasteiger partial charge in [0.15, 0.2) is 0 Å². The van der Waals surface area contributed by atoms with Gasteiger partial charge >= 0.3 is 5.69 Å². The summed E-state index contributed by atoms with van der Waals surface area (Å²) in [6.07, 6.45) is 6.24. The van der Waals surface area contributed by atoms with Crippen molar-refractivity contribution in [3.8, 4) is 16.8 Å². The third kappa shape index (κ3) is 2.83. The van der Waals surface area contributed by atoms with Crippen LogP contribution in [-0.4, -0.2) is 28.9 Å². The summed E-state index contributed by atoms with van der Waals surface area (Å²) in [4.78, 5) is 22.3. The molecule has 4 aromatic heterocycles. The molecule has 0 spiro atoms. The highest BCUT2D eigenvalue weighted by atomic mass is 16.1. The zero-order chi connectivity index (χ0) is 21.9. The number of rotatable bonds is 3. The first kappa shape index (κ1) is 19.0. The van der Waals surface area contributed by atoms with E-state index in [1.54, 1.807) is 27.1 Å². The minimum absolute atomic E-state index is 0.135. The van der Waals surface area contributed by atoms with Crippen molar-refractivity contribution in [2.24, 2.45) is 14.1 Å². The molecule has 5 aromatic rings. The third-order valence-electron chi connectivity index (χ3n) is 5.78. The number of benzene rings is 1. The Morgan fingerprint density at radius 1 is 1.06 bits per heavy atom. The number of nitrogen functional groups attached to an aromatic ring is 1. The molecule has 0 amide bonds. The maximum atomic E-state index is 13.2. The SMILES string of the molecule is CCc1ncc(-c2ccc3ncc4c(c3c2)n(-c2cn(C)nc2C)c(=O)n4C)cc1N. The molecule has 0 aliphatic rings. The molecule has 0 saturated carbocycles. The molecule has 5 rings (SSSR count). The van der Waals surface area contributed by atoms with Crippen LogP contribution in [0.15, 0.2) is 47.7 Å². The van der Waals surface area contributed by atoms with Crippen LogP contribution < -0.4 is 11.4 Å². The molecule has 156 valence electrons. The van der Waals surface area contributed by atoms with Gasteiger partial charge in [-0.3, -0.25) is 23.8 Å². The molecule has 0 saturated heterocycles. The minimum Gasteiger partial charge on any atom is -0.397 e. The van der Waals surface area contributed by atoms with Crippen LogP contribution in [0.5, 0.6) is 0 Å². The Kier molecular flexibility index (Phi) is 4.18. The minimum atomic E-state index is -0.135. The Hall–Kier alpha value is -3.94. The average Bonchev–Trinajstić information content (AvgIpc) is 3.22. The van der Waals surface area contributed by atoms with Gasteiger partial charge in [0.1, 0.15) is 0 Å². The van der Waals surface area contributed by atoms with Crippen molar-refractivity contribution in [2.75, 3.05) is 5.73 Å². The molecule has 4 heterocycles. The standard InChI is InChI=1S/C23H23N7O/c1-5-18-17(24)9-15(10-25-18)14-6-7-19-16(8-14)22-20(11-26-19)29(4)23(31)30(22)21-12-28(3)27-13(21)2/h6-12H,5,24H2,1-4H3. The lowest BCUT2D eigenvalue weighted by molar-refractivity contribution is 0.756. The van der Waals surface area contributed by atoms with Crippen LogP contribution in [0.4, 0.5) is 5.69 Å². The van der Waals surface area contributed by atoms with Gasteiger partial charge in [0.2, 0.25) is 0 Å². The number of hydrogen-bond donors (Lipinski definition) is 1. The van der Waals surface area contributed by atoms with Gasteiger partial charge in [-0.1, -0.05) is 13.0 Å². The van der Waals surface area contributed by atoms with E-state index in [-0.39, 0.29) is 5.69 Å². The topological polar surface area (TPSA) is 96.5 Å². The molecule has 0 aliphatic heterocycles. The summed E-state index contributed by atoms with van der Waals surface area (Å²) in [5.74, 6) is 0. The highest BCUT2D eigenvalue weighted by Gasteiger charge is 2.19. The van der Waals surface area contributed by atoms with Crippen molar-refractivity contribution in [1.82, 2.24) is 28.9 Å². The van der Waals surface area contributed by atoms with Crippen LogP contribution >= 0.6 is 0 Å². The van der Waals surface area contributed by atoms with Gasteiger partial charge in [0, 0.05) is 37.4 Å². The highest BCUT2D eigenvalue weighted by molar-refractivity contribution is 6.04. The number of nitrogens with zero attached hydrogens (tertiary/aromatic N) is 6. The molecular weight excluding hydrogens is 390 g/mol. The summed E-state index contributed by atoms with van der Waals surface area (Å²) in [5.41, 5.74) is 13.4. The van der Waals surface area contributed by atoms with Gasteiger partial charge < -0.3 is 5.73 Å². The normalized spacial score (nSPS) is 11.6. The molecule has 31 heavy (non-hydrogen) atoms. The number of aryl methyl sites for hydroxylation is 4. The maximum absolute atomic E-state index is 13.2. The van der Waals surface area contributed by atoms with Gasteiger partial charge in [-0.05, 0) is 37.1 Å². The summed E-state index contributed by atoms with van der Waals surface area (Å²) >= 11 is 0. The largest absolute Gasteiger partial charge is 0.397 e. The fraction of sp³-hybridized carbons (Fsp3) is 0.217. The second-order valence-corrected chi connectivity index (χ2v) is 7.79. The summed E-state index contributed by atoms with van der Waals surface area (Å²) < 4.78 is 5.06. The zero-order valence-electron chi connectivity index (χ0n) is 17.9. The summed E-state index contributed by atoms with van der Waals surface area (Å²) in [7, 11) is 3.61. The lowest BCUT2D eigenvalue weighted by Crippen LogP contribution is -2.21. The second kappa shape index (κ2) is 6.80. The number of nitrogens with two attached hydrogens (primary N) is 1. The quantitative estimate of drug-likeness (QED) is 0.490. The smallest absolute Gasteiger partial charge is 0.333 e. The maximum Gasteiger partial charge on any atom is 0.333 e. The predicted molar refractivity (Wildman–Crippen MR) is 122 cm³/mol. The molecule has 8 heteroatoms. The number of hydrogen-bond acceptors (Lipinski definition) is 5. The Morgan fingerprint density at radius 3 is 2.55 bits per heavy atom. The first-order valence-corrected chi connectivity index (χ1v) is 10.1. The lowest BCUT2D eigenvalue weighted by Gasteiger charge is -2.09. The number of pyridine rings is 2. The molecule has 8 nitrogen and oxygen atoms in total. The average molecular weight is 413 g/mol. The molecule has 0 bridgehead atoms. The Balaban J connectivity index is 1.84. The summed E-state index contributed by atoms with van der Waals surface area (Å²) in [5, 5.41) is 5.31. The predicted octanol–water partition coefficient (Wildman–Crippen LogP) is 3.13. The summed E-state index contributed by atoms with van der Waals surface area (Å²) in [6, 6.07) is 7.97. The monoisotopic (exact) mass is 413 g/mol. The summed E-state index contributed by atoms with van der Waals surface area (Å²) in [6.45, 7) is 3.94. The van der Waals surface area contributed by atoms with Crippen molar-refractivity contribution in [2.45, 2.75) is 20.3 Å². The van der Waals surface area contributed by atoms with Crippen LogP contribution in [0.1, 0.15) is 18.3 Å². The van der Waals surface area contributed by atoms with Crippen LogP contribution in [0, 0.1) is 6.92 Å². The fourth-order valence-electron chi connectivity index (χ4n) is 4.17. The number of aromatic nitrogens is 6. The van der Waals surface area contributed by atoms with Crippen LogP contribution in [-0.2, 0) is 20.5 Å². The van der Waals surface area contributed by atoms with E-state index in [1.807, 2.05) is 57.6 Å². The Bertz CT molecular complexity index is 1540. The van der Waals surface area contributed by atoms with E-state index in [2.05, 4.69) is 15.1 Å². The molecule has 0 fully saturated rings. The van der Waals surface area contributed by atoms with E-state index in [0.717, 1.165) is 56.6 Å². The molecular formula is C23H23N7O. The van der Waals surface area contributed by atoms with Crippen LogP contribution in [0.2, 0.25) is 0 Å². The van der Waals surface area contributed by atoms with E-state index in [0.29, 0.717) is 5.69 Å². The highest BCUT2D eigenvalue weighted by Crippen LogP contribution is 2.31. The molecule has 0 atom stereocenters. The molecule has 0 radical (unpaired) electrons. The van der Waals surface area contributed by atoms with E-state index in [1.165, 1.54) is 0 Å². The van der Waals surface area contributed by atoms with E-state index < -0.39 is 0 Å². The van der Waals surface area contributed by atoms with Crippen molar-refractivity contribution in [3.05, 3.63) is 64.7 Å². The van der Waals surface area contributed by atoms with Gasteiger partial charge in [0.25, 0.3) is 0 Å². The van der Waals surface area contributed by atoms with Gasteiger partial charge in [-0.15, -0.1) is 0 Å². The van der Waals surface area contributed by atoms with Crippen molar-refractivity contribution in [1.29, 1.82) is 0 Å². The van der Waals surface area contributed by atoms with Crippen molar-refractivity contribution in [3.63, 3.8) is 0 Å². The Morgan fingerprint density at radius 2 is 1.87 bits per heavy atom. The fourth-order valence-corrected chi connectivity index (χ4v) is 4.17. The molecule has 0 aliphatic carbocycles. The first-order valence-electron chi connectivity index (χ1n) is 10.1. The molecule has 2 N–H and O–H groups in total.